The minimum absolute atomic E-state index is 0. The van der Waals surface area contributed by atoms with E-state index in [9.17, 15) is 18.1 Å². The molecular weight excluding hydrogens is 383 g/mol. The average Bonchev–Trinajstić information content (AvgIpc) is 2.61. The topological polar surface area (TPSA) is 77.4 Å². The Labute approximate surface area is 197 Å². The molecule has 0 aliphatic carbocycles. The average molecular weight is 429 g/mol. The Hall–Kier alpha value is 0.870. The first kappa shape index (κ1) is 31.1. The van der Waals surface area contributed by atoms with Crippen molar-refractivity contribution in [2.24, 2.45) is 0 Å². The molecule has 0 heterocycles. The van der Waals surface area contributed by atoms with E-state index in [0.717, 1.165) is 64.2 Å². The second-order valence-corrected chi connectivity index (χ2v) is 9.82. The third kappa shape index (κ3) is 20.2. The van der Waals surface area contributed by atoms with Crippen LogP contribution in [-0.4, -0.2) is 29.4 Å². The van der Waals surface area contributed by atoms with E-state index in [1.807, 2.05) is 6.92 Å². The summed E-state index contributed by atoms with van der Waals surface area (Å²) in [5.41, 5.74) is 0. The van der Waals surface area contributed by atoms with Crippen LogP contribution in [0.15, 0.2) is 0 Å². The van der Waals surface area contributed by atoms with Crippen LogP contribution in [0.5, 0.6) is 0 Å². The quantitative estimate of drug-likeness (QED) is 0.183. The molecule has 0 fully saturated rings. The van der Waals surface area contributed by atoms with Crippen LogP contribution < -0.4 is 29.6 Å². The summed E-state index contributed by atoms with van der Waals surface area (Å²) in [5.74, 6) is 0. The Balaban J connectivity index is 0. The SMILES string of the molecule is CCCCCCCCCC(O)CCCCCCCC(CCCC)S(=O)(=O)[O-].[Na+]. The first-order valence-corrected chi connectivity index (χ1v) is 13.0. The van der Waals surface area contributed by atoms with E-state index in [4.69, 9.17) is 0 Å². The summed E-state index contributed by atoms with van der Waals surface area (Å²) in [4.78, 5) is 0. The standard InChI is InChI=1S/C22H46O4S.Na/c1-3-5-7-8-9-11-14-17-21(23)18-15-12-10-13-16-20-22(19-6-4-2)27(24,25)26;/h21-23H,3-20H2,1-2H3,(H,24,25,26);/q;+1/p-1. The third-order valence-corrected chi connectivity index (χ3v) is 6.78. The number of aliphatic hydroxyl groups excluding tert-OH is 1. The Morgan fingerprint density at radius 3 is 1.43 bits per heavy atom. The molecular formula is C22H45NaO4S. The van der Waals surface area contributed by atoms with Gasteiger partial charge in [-0.1, -0.05) is 104 Å². The molecule has 2 atom stereocenters. The number of hydrogen-bond donors (Lipinski definition) is 1. The Morgan fingerprint density at radius 2 is 1.00 bits per heavy atom. The fourth-order valence-electron chi connectivity index (χ4n) is 3.63. The number of hydrogen-bond acceptors (Lipinski definition) is 4. The van der Waals surface area contributed by atoms with Crippen molar-refractivity contribution < 1.29 is 47.6 Å². The molecule has 0 rings (SSSR count). The Kier molecular flexibility index (Phi) is 23.4. The second kappa shape index (κ2) is 21.1. The van der Waals surface area contributed by atoms with Crippen molar-refractivity contribution in [3.05, 3.63) is 0 Å². The van der Waals surface area contributed by atoms with E-state index in [-0.39, 0.29) is 35.7 Å². The van der Waals surface area contributed by atoms with Gasteiger partial charge in [0.25, 0.3) is 0 Å². The molecule has 0 spiro atoms. The smallest absolute Gasteiger partial charge is 0.748 e. The molecule has 0 saturated carbocycles. The maximum Gasteiger partial charge on any atom is 1.00 e. The molecule has 4 nitrogen and oxygen atoms in total. The van der Waals surface area contributed by atoms with Crippen molar-refractivity contribution >= 4 is 10.1 Å². The monoisotopic (exact) mass is 428 g/mol. The van der Waals surface area contributed by atoms with E-state index < -0.39 is 15.4 Å². The molecule has 164 valence electrons. The summed E-state index contributed by atoms with van der Waals surface area (Å²) >= 11 is 0. The van der Waals surface area contributed by atoms with Crippen LogP contribution in [0, 0.1) is 0 Å². The largest absolute Gasteiger partial charge is 1.00 e. The molecule has 0 radical (unpaired) electrons. The van der Waals surface area contributed by atoms with E-state index >= 15 is 0 Å². The van der Waals surface area contributed by atoms with Crippen LogP contribution in [0.3, 0.4) is 0 Å². The predicted octanol–water partition coefficient (Wildman–Crippen LogP) is 3.33. The van der Waals surface area contributed by atoms with Gasteiger partial charge in [-0.05, 0) is 25.7 Å². The molecule has 0 aliphatic heterocycles. The second-order valence-electron chi connectivity index (χ2n) is 8.17. The molecule has 0 aromatic carbocycles. The summed E-state index contributed by atoms with van der Waals surface area (Å²) in [6, 6.07) is 0. The normalized spacial score (nSPS) is 13.9. The minimum atomic E-state index is -4.15. The number of rotatable bonds is 20. The van der Waals surface area contributed by atoms with E-state index in [1.54, 1.807) is 0 Å². The van der Waals surface area contributed by atoms with Gasteiger partial charge < -0.3 is 9.66 Å². The van der Waals surface area contributed by atoms with E-state index in [1.165, 1.54) is 38.5 Å². The van der Waals surface area contributed by atoms with Gasteiger partial charge in [0.1, 0.15) is 0 Å². The van der Waals surface area contributed by atoms with Gasteiger partial charge >= 0.3 is 29.6 Å². The van der Waals surface area contributed by atoms with E-state index in [0.29, 0.717) is 12.8 Å². The van der Waals surface area contributed by atoms with Crippen LogP contribution in [0.1, 0.15) is 129 Å². The van der Waals surface area contributed by atoms with Crippen molar-refractivity contribution in [2.45, 2.75) is 141 Å². The molecule has 2 unspecified atom stereocenters. The Morgan fingerprint density at radius 1 is 0.643 bits per heavy atom. The van der Waals surface area contributed by atoms with Gasteiger partial charge in [0.2, 0.25) is 0 Å². The van der Waals surface area contributed by atoms with Crippen LogP contribution in [0.2, 0.25) is 0 Å². The maximum absolute atomic E-state index is 11.3. The zero-order valence-electron chi connectivity index (χ0n) is 19.0. The number of aliphatic hydroxyl groups is 1. The van der Waals surface area contributed by atoms with Gasteiger partial charge in [-0.25, -0.2) is 8.42 Å². The number of unbranched alkanes of at least 4 members (excludes halogenated alkanes) is 11. The van der Waals surface area contributed by atoms with Crippen molar-refractivity contribution in [3.8, 4) is 0 Å². The molecule has 6 heteroatoms. The van der Waals surface area contributed by atoms with Crippen molar-refractivity contribution in [3.63, 3.8) is 0 Å². The van der Waals surface area contributed by atoms with Gasteiger partial charge in [-0.2, -0.15) is 0 Å². The molecule has 28 heavy (non-hydrogen) atoms. The van der Waals surface area contributed by atoms with Crippen LogP contribution in [0.25, 0.3) is 0 Å². The van der Waals surface area contributed by atoms with Crippen molar-refractivity contribution in [2.75, 3.05) is 0 Å². The van der Waals surface area contributed by atoms with Gasteiger partial charge in [-0.3, -0.25) is 0 Å². The molecule has 1 N–H and O–H groups in total. The fourth-order valence-corrected chi connectivity index (χ4v) is 4.54. The van der Waals surface area contributed by atoms with Gasteiger partial charge in [0, 0.05) is 5.25 Å². The van der Waals surface area contributed by atoms with Crippen LogP contribution in [-0.2, 0) is 10.1 Å². The van der Waals surface area contributed by atoms with Crippen molar-refractivity contribution in [1.82, 2.24) is 0 Å². The Bertz CT molecular complexity index is 415. The van der Waals surface area contributed by atoms with E-state index in [2.05, 4.69) is 6.92 Å². The molecule has 0 aliphatic rings. The first-order chi connectivity index (χ1) is 12.9. The summed E-state index contributed by atoms with van der Waals surface area (Å²) in [7, 11) is -4.15. The van der Waals surface area contributed by atoms with Gasteiger partial charge in [0.15, 0.2) is 0 Å². The summed E-state index contributed by atoms with van der Waals surface area (Å²) in [6.45, 7) is 4.24. The summed E-state index contributed by atoms with van der Waals surface area (Å²) in [6.07, 6.45) is 18.3. The fraction of sp³-hybridized carbons (Fsp3) is 1.00. The predicted molar refractivity (Wildman–Crippen MR) is 114 cm³/mol. The summed E-state index contributed by atoms with van der Waals surface area (Å²) in [5, 5.41) is 9.34. The molecule has 0 saturated heterocycles. The van der Waals surface area contributed by atoms with Gasteiger partial charge in [-0.15, -0.1) is 0 Å². The molecule has 0 aromatic rings. The maximum atomic E-state index is 11.3. The van der Waals surface area contributed by atoms with Crippen LogP contribution >= 0.6 is 0 Å². The summed E-state index contributed by atoms with van der Waals surface area (Å²) < 4.78 is 33.8. The van der Waals surface area contributed by atoms with Crippen molar-refractivity contribution in [1.29, 1.82) is 0 Å². The zero-order chi connectivity index (χ0) is 20.4. The van der Waals surface area contributed by atoms with Crippen LogP contribution in [0.4, 0.5) is 0 Å². The molecule has 0 amide bonds. The molecule has 0 bridgehead atoms. The molecule has 0 aromatic heterocycles. The minimum Gasteiger partial charge on any atom is -0.748 e. The van der Waals surface area contributed by atoms with Gasteiger partial charge in [0.05, 0.1) is 16.2 Å². The third-order valence-electron chi connectivity index (χ3n) is 5.49. The first-order valence-electron chi connectivity index (χ1n) is 11.5. The zero-order valence-corrected chi connectivity index (χ0v) is 21.8.